The quantitative estimate of drug-likeness (QED) is 0.510. The van der Waals surface area contributed by atoms with Crippen molar-refractivity contribution in [2.24, 2.45) is 0 Å². The number of cyclic esters (lactones) is 1. The van der Waals surface area contributed by atoms with Crippen LogP contribution in [-0.4, -0.2) is 29.4 Å². The average molecular weight is 344 g/mol. The first-order chi connectivity index (χ1) is 11.8. The lowest BCUT2D eigenvalue weighted by atomic mass is 9.99. The molecule has 0 radical (unpaired) electrons. The van der Waals surface area contributed by atoms with E-state index >= 15 is 0 Å². The van der Waals surface area contributed by atoms with Crippen molar-refractivity contribution in [2.45, 2.75) is 38.4 Å². The highest BCUT2D eigenvalue weighted by Gasteiger charge is 2.43. The van der Waals surface area contributed by atoms with E-state index in [9.17, 15) is 14.7 Å². The van der Waals surface area contributed by atoms with Gasteiger partial charge in [0.1, 0.15) is 24.0 Å². The Bertz CT molecular complexity index is 877. The van der Waals surface area contributed by atoms with E-state index in [4.69, 9.17) is 13.9 Å². The molecule has 132 valence electrons. The van der Waals surface area contributed by atoms with E-state index in [0.717, 1.165) is 11.0 Å². The zero-order valence-electron chi connectivity index (χ0n) is 14.2. The van der Waals surface area contributed by atoms with Gasteiger partial charge in [0.25, 0.3) is 0 Å². The number of benzene rings is 1. The van der Waals surface area contributed by atoms with Crippen LogP contribution in [0.1, 0.15) is 26.7 Å². The maximum atomic E-state index is 11.5. The van der Waals surface area contributed by atoms with Crippen LogP contribution >= 0.6 is 0 Å². The van der Waals surface area contributed by atoms with Gasteiger partial charge in [0.05, 0.1) is 0 Å². The molecule has 2 heterocycles. The van der Waals surface area contributed by atoms with Crippen molar-refractivity contribution in [3.8, 4) is 5.75 Å². The normalized spacial score (nSPS) is 23.7. The highest BCUT2D eigenvalue weighted by molar-refractivity contribution is 5.81. The third-order valence-electron chi connectivity index (χ3n) is 4.16. The maximum Gasteiger partial charge on any atom is 0.338 e. The van der Waals surface area contributed by atoms with Gasteiger partial charge in [-0.05, 0) is 38.1 Å². The summed E-state index contributed by atoms with van der Waals surface area (Å²) in [5, 5.41) is 10.7. The Balaban J connectivity index is 1.57. The number of fused-ring (bicyclic) bond motifs is 1. The summed E-state index contributed by atoms with van der Waals surface area (Å²) in [5.74, 6) is 0.0281. The van der Waals surface area contributed by atoms with Gasteiger partial charge in [-0.25, -0.2) is 9.59 Å². The molecule has 1 saturated heterocycles. The maximum absolute atomic E-state index is 11.5. The SMILES string of the molecule is CC(=CCOc1ccc2ccc(=O)oc2c1)C[C@@H]1C[C@@](C)(O)C(=O)O1. The van der Waals surface area contributed by atoms with Crippen LogP contribution in [0, 0.1) is 0 Å². The summed E-state index contributed by atoms with van der Waals surface area (Å²) >= 11 is 0. The fraction of sp³-hybridized carbons (Fsp3) is 0.368. The number of esters is 1. The number of carbonyl (C=O) groups excluding carboxylic acids is 1. The number of carbonyl (C=O) groups is 1. The molecule has 1 aromatic heterocycles. The third-order valence-corrected chi connectivity index (χ3v) is 4.16. The van der Waals surface area contributed by atoms with Gasteiger partial charge in [-0.3, -0.25) is 0 Å². The molecule has 0 amide bonds. The molecule has 3 rings (SSSR count). The van der Waals surface area contributed by atoms with E-state index in [-0.39, 0.29) is 6.10 Å². The second-order valence-corrected chi connectivity index (χ2v) is 6.52. The molecule has 1 aliphatic heterocycles. The van der Waals surface area contributed by atoms with Gasteiger partial charge in [0, 0.05) is 30.4 Å². The van der Waals surface area contributed by atoms with Crippen molar-refractivity contribution in [3.63, 3.8) is 0 Å². The molecule has 2 atom stereocenters. The minimum Gasteiger partial charge on any atom is -0.489 e. The van der Waals surface area contributed by atoms with E-state index in [1.807, 2.05) is 19.1 Å². The molecule has 1 aromatic carbocycles. The first-order valence-corrected chi connectivity index (χ1v) is 8.09. The third kappa shape index (κ3) is 4.09. The van der Waals surface area contributed by atoms with Gasteiger partial charge in [-0.15, -0.1) is 0 Å². The van der Waals surface area contributed by atoms with Gasteiger partial charge >= 0.3 is 11.6 Å². The Morgan fingerprint density at radius 2 is 2.12 bits per heavy atom. The van der Waals surface area contributed by atoms with Crippen molar-refractivity contribution in [1.29, 1.82) is 0 Å². The fourth-order valence-corrected chi connectivity index (χ4v) is 2.81. The Hall–Kier alpha value is -2.60. The van der Waals surface area contributed by atoms with E-state index in [2.05, 4.69) is 0 Å². The Morgan fingerprint density at radius 1 is 1.36 bits per heavy atom. The molecule has 1 fully saturated rings. The number of ether oxygens (including phenoxy) is 2. The lowest BCUT2D eigenvalue weighted by molar-refractivity contribution is -0.153. The van der Waals surface area contributed by atoms with Gasteiger partial charge in [0.15, 0.2) is 5.60 Å². The van der Waals surface area contributed by atoms with E-state index in [1.54, 1.807) is 18.2 Å². The Morgan fingerprint density at radius 3 is 2.84 bits per heavy atom. The zero-order chi connectivity index (χ0) is 18.0. The topological polar surface area (TPSA) is 86.0 Å². The first kappa shape index (κ1) is 17.2. The summed E-state index contributed by atoms with van der Waals surface area (Å²) in [6, 6.07) is 8.39. The molecule has 0 unspecified atom stereocenters. The van der Waals surface area contributed by atoms with Crippen LogP contribution < -0.4 is 10.4 Å². The molecule has 2 aromatic rings. The van der Waals surface area contributed by atoms with Crippen LogP contribution in [0.15, 0.2) is 51.2 Å². The molecule has 0 saturated carbocycles. The summed E-state index contributed by atoms with van der Waals surface area (Å²) in [7, 11) is 0. The highest BCUT2D eigenvalue weighted by atomic mass is 16.6. The van der Waals surface area contributed by atoms with Crippen LogP contribution in [0.4, 0.5) is 0 Å². The van der Waals surface area contributed by atoms with Crippen molar-refractivity contribution >= 4 is 16.9 Å². The largest absolute Gasteiger partial charge is 0.489 e. The number of aliphatic hydroxyl groups is 1. The molecule has 1 aliphatic rings. The summed E-state index contributed by atoms with van der Waals surface area (Å²) in [5.41, 5.74) is -0.313. The van der Waals surface area contributed by atoms with Crippen molar-refractivity contribution in [1.82, 2.24) is 0 Å². The van der Waals surface area contributed by atoms with Crippen LogP contribution in [0.2, 0.25) is 0 Å². The minimum atomic E-state index is -1.39. The van der Waals surface area contributed by atoms with Gasteiger partial charge in [0.2, 0.25) is 0 Å². The second-order valence-electron chi connectivity index (χ2n) is 6.52. The lowest BCUT2D eigenvalue weighted by Gasteiger charge is -2.10. The molecular weight excluding hydrogens is 324 g/mol. The number of hydrogen-bond acceptors (Lipinski definition) is 6. The van der Waals surface area contributed by atoms with Crippen LogP contribution in [0.3, 0.4) is 0 Å². The molecule has 6 heteroatoms. The predicted molar refractivity (Wildman–Crippen MR) is 91.5 cm³/mol. The zero-order valence-corrected chi connectivity index (χ0v) is 14.2. The predicted octanol–water partition coefficient (Wildman–Crippen LogP) is 2.57. The van der Waals surface area contributed by atoms with Crippen LogP contribution in [0.25, 0.3) is 11.0 Å². The van der Waals surface area contributed by atoms with Crippen LogP contribution in [-0.2, 0) is 9.53 Å². The number of hydrogen-bond donors (Lipinski definition) is 1. The Kier molecular flexibility index (Phi) is 4.63. The van der Waals surface area contributed by atoms with E-state index < -0.39 is 17.2 Å². The van der Waals surface area contributed by atoms with Crippen molar-refractivity contribution in [2.75, 3.05) is 6.61 Å². The molecule has 1 N–H and O–H groups in total. The summed E-state index contributed by atoms with van der Waals surface area (Å²) < 4.78 is 15.9. The molecule has 0 spiro atoms. The Labute approximate surface area is 144 Å². The van der Waals surface area contributed by atoms with Gasteiger partial charge < -0.3 is 19.0 Å². The lowest BCUT2D eigenvalue weighted by Crippen LogP contribution is -2.29. The van der Waals surface area contributed by atoms with Gasteiger partial charge in [-0.1, -0.05) is 5.57 Å². The molecule has 6 nitrogen and oxygen atoms in total. The van der Waals surface area contributed by atoms with E-state index in [1.165, 1.54) is 13.0 Å². The fourth-order valence-electron chi connectivity index (χ4n) is 2.81. The molecule has 25 heavy (non-hydrogen) atoms. The van der Waals surface area contributed by atoms with E-state index in [0.29, 0.717) is 30.8 Å². The summed E-state index contributed by atoms with van der Waals surface area (Å²) in [6.45, 7) is 3.73. The molecule has 0 aliphatic carbocycles. The monoisotopic (exact) mass is 344 g/mol. The second kappa shape index (κ2) is 6.72. The van der Waals surface area contributed by atoms with Crippen LogP contribution in [0.5, 0.6) is 5.75 Å². The standard InChI is InChI=1S/C19H20O6/c1-12(9-15-11-19(2,22)18(21)24-15)7-8-23-14-5-3-13-4-6-17(20)25-16(13)10-14/h3-7,10,15,22H,8-9,11H2,1-2H3/t15-,19-/m1/s1. The summed E-state index contributed by atoms with van der Waals surface area (Å²) in [6.07, 6.45) is 2.43. The number of rotatable bonds is 5. The minimum absolute atomic E-state index is 0.293. The molecule has 0 bridgehead atoms. The van der Waals surface area contributed by atoms with Crippen molar-refractivity contribution < 1.29 is 23.8 Å². The van der Waals surface area contributed by atoms with Crippen molar-refractivity contribution in [3.05, 3.63) is 52.4 Å². The average Bonchev–Trinajstić information content (AvgIpc) is 2.78. The summed E-state index contributed by atoms with van der Waals surface area (Å²) in [4.78, 5) is 22.7. The van der Waals surface area contributed by atoms with Gasteiger partial charge in [-0.2, -0.15) is 0 Å². The first-order valence-electron chi connectivity index (χ1n) is 8.09. The molecular formula is C19H20O6. The smallest absolute Gasteiger partial charge is 0.338 e. The highest BCUT2D eigenvalue weighted by Crippen LogP contribution is 2.28.